The maximum Gasteiger partial charge on any atom is 0.325 e. The van der Waals surface area contributed by atoms with Crippen molar-refractivity contribution >= 4 is 11.9 Å². The number of amides is 1. The van der Waals surface area contributed by atoms with Crippen molar-refractivity contribution in [2.75, 3.05) is 0 Å². The summed E-state index contributed by atoms with van der Waals surface area (Å²) in [4.78, 5) is 22.6. The van der Waals surface area contributed by atoms with Gasteiger partial charge in [0, 0.05) is 0 Å². The van der Waals surface area contributed by atoms with Crippen molar-refractivity contribution in [3.05, 3.63) is 54.0 Å². The van der Waals surface area contributed by atoms with Gasteiger partial charge in [-0.15, -0.1) is 0 Å². The normalized spacial score (nSPS) is 13.2. The molecule has 1 heterocycles. The second-order valence-electron chi connectivity index (χ2n) is 4.81. The Hall–Kier alpha value is -2.76. The molecule has 0 aliphatic rings. The molecular formula is C16H17NO5. The molecule has 116 valence electrons. The van der Waals surface area contributed by atoms with E-state index in [2.05, 4.69) is 5.32 Å². The zero-order chi connectivity index (χ0) is 16.1. The third kappa shape index (κ3) is 3.88. The SMILES string of the molecule is CC(NC(=O)c1ccc(C(C)Oc2ccccc2)o1)C(=O)O. The lowest BCUT2D eigenvalue weighted by atomic mass is 10.3. The Morgan fingerprint density at radius 1 is 1.14 bits per heavy atom. The van der Waals surface area contributed by atoms with Gasteiger partial charge in [0.05, 0.1) is 0 Å². The third-order valence-corrected chi connectivity index (χ3v) is 3.03. The van der Waals surface area contributed by atoms with E-state index in [4.69, 9.17) is 14.3 Å². The van der Waals surface area contributed by atoms with Crippen molar-refractivity contribution in [3.63, 3.8) is 0 Å². The fraction of sp³-hybridized carbons (Fsp3) is 0.250. The smallest absolute Gasteiger partial charge is 0.325 e. The minimum absolute atomic E-state index is 0.0478. The first-order valence-corrected chi connectivity index (χ1v) is 6.82. The van der Waals surface area contributed by atoms with Crippen LogP contribution < -0.4 is 10.1 Å². The number of carbonyl (C=O) groups excluding carboxylic acids is 1. The average Bonchev–Trinajstić information content (AvgIpc) is 2.98. The van der Waals surface area contributed by atoms with Crippen molar-refractivity contribution in [1.82, 2.24) is 5.32 Å². The lowest BCUT2D eigenvalue weighted by Crippen LogP contribution is -2.38. The summed E-state index contributed by atoms with van der Waals surface area (Å²) in [5.74, 6) is -0.463. The second-order valence-corrected chi connectivity index (χ2v) is 4.81. The van der Waals surface area contributed by atoms with Crippen LogP contribution >= 0.6 is 0 Å². The molecule has 1 aromatic carbocycles. The van der Waals surface area contributed by atoms with Gasteiger partial charge in [-0.05, 0) is 38.1 Å². The highest BCUT2D eigenvalue weighted by atomic mass is 16.5. The van der Waals surface area contributed by atoms with Gasteiger partial charge in [-0.25, -0.2) is 0 Å². The topological polar surface area (TPSA) is 88.8 Å². The summed E-state index contributed by atoms with van der Waals surface area (Å²) >= 11 is 0. The van der Waals surface area contributed by atoms with Crippen LogP contribution in [0, 0.1) is 0 Å². The summed E-state index contributed by atoms with van der Waals surface area (Å²) in [7, 11) is 0. The third-order valence-electron chi connectivity index (χ3n) is 3.03. The molecule has 2 rings (SSSR count). The van der Waals surface area contributed by atoms with E-state index in [1.54, 1.807) is 13.0 Å². The number of hydrogen-bond donors (Lipinski definition) is 2. The molecule has 0 spiro atoms. The molecule has 0 fully saturated rings. The number of ether oxygens (including phenoxy) is 1. The Morgan fingerprint density at radius 3 is 2.45 bits per heavy atom. The van der Waals surface area contributed by atoms with E-state index in [9.17, 15) is 9.59 Å². The molecule has 6 nitrogen and oxygen atoms in total. The number of furan rings is 1. The van der Waals surface area contributed by atoms with Crippen molar-refractivity contribution in [1.29, 1.82) is 0 Å². The highest BCUT2D eigenvalue weighted by molar-refractivity contribution is 5.94. The minimum atomic E-state index is -1.11. The molecule has 2 unspecified atom stereocenters. The fourth-order valence-corrected chi connectivity index (χ4v) is 1.78. The Labute approximate surface area is 127 Å². The molecule has 0 saturated heterocycles. The molecule has 1 aromatic heterocycles. The van der Waals surface area contributed by atoms with Gasteiger partial charge < -0.3 is 19.6 Å². The number of nitrogens with one attached hydrogen (secondary N) is 1. The van der Waals surface area contributed by atoms with Gasteiger partial charge in [-0.3, -0.25) is 9.59 Å². The maximum atomic E-state index is 11.8. The van der Waals surface area contributed by atoms with Gasteiger partial charge in [-0.1, -0.05) is 18.2 Å². The Kier molecular flexibility index (Phi) is 4.83. The van der Waals surface area contributed by atoms with Crippen LogP contribution in [-0.2, 0) is 4.79 Å². The number of carboxylic acids is 1. The molecule has 6 heteroatoms. The van der Waals surface area contributed by atoms with Gasteiger partial charge in [0.2, 0.25) is 0 Å². The van der Waals surface area contributed by atoms with Crippen molar-refractivity contribution < 1.29 is 23.8 Å². The average molecular weight is 303 g/mol. The molecule has 0 aliphatic carbocycles. The summed E-state index contributed by atoms with van der Waals surface area (Å²) in [6.07, 6.45) is -0.374. The molecule has 0 aliphatic heterocycles. The van der Waals surface area contributed by atoms with E-state index in [1.165, 1.54) is 13.0 Å². The first-order valence-electron chi connectivity index (χ1n) is 6.82. The fourth-order valence-electron chi connectivity index (χ4n) is 1.78. The van der Waals surface area contributed by atoms with Crippen LogP contribution in [0.3, 0.4) is 0 Å². The zero-order valence-electron chi connectivity index (χ0n) is 12.3. The van der Waals surface area contributed by atoms with E-state index in [-0.39, 0.29) is 11.9 Å². The van der Waals surface area contributed by atoms with Crippen LogP contribution in [-0.4, -0.2) is 23.0 Å². The van der Waals surface area contributed by atoms with Crippen molar-refractivity contribution in [3.8, 4) is 5.75 Å². The lowest BCUT2D eigenvalue weighted by molar-refractivity contribution is -0.138. The highest BCUT2D eigenvalue weighted by Crippen LogP contribution is 2.23. The largest absolute Gasteiger partial charge is 0.483 e. The van der Waals surface area contributed by atoms with Crippen LogP contribution in [0.15, 0.2) is 46.9 Å². The van der Waals surface area contributed by atoms with E-state index >= 15 is 0 Å². The van der Waals surface area contributed by atoms with Gasteiger partial charge in [0.25, 0.3) is 5.91 Å². The van der Waals surface area contributed by atoms with Crippen molar-refractivity contribution in [2.24, 2.45) is 0 Å². The maximum absolute atomic E-state index is 11.8. The molecule has 22 heavy (non-hydrogen) atoms. The number of para-hydroxylation sites is 1. The predicted octanol–water partition coefficient (Wildman–Crippen LogP) is 2.62. The lowest BCUT2D eigenvalue weighted by Gasteiger charge is -2.12. The van der Waals surface area contributed by atoms with E-state index < -0.39 is 17.9 Å². The summed E-state index contributed by atoms with van der Waals surface area (Å²) in [5, 5.41) is 11.1. The molecule has 2 N–H and O–H groups in total. The van der Waals surface area contributed by atoms with Crippen LogP contribution in [0.4, 0.5) is 0 Å². The summed E-state index contributed by atoms with van der Waals surface area (Å²) in [6, 6.07) is 11.4. The van der Waals surface area contributed by atoms with Crippen LogP contribution in [0.1, 0.15) is 36.3 Å². The van der Waals surface area contributed by atoms with E-state index in [0.29, 0.717) is 11.5 Å². The quantitative estimate of drug-likeness (QED) is 0.856. The van der Waals surface area contributed by atoms with Crippen LogP contribution in [0.5, 0.6) is 5.75 Å². The van der Waals surface area contributed by atoms with Crippen molar-refractivity contribution in [2.45, 2.75) is 26.0 Å². The first-order chi connectivity index (χ1) is 10.5. The monoisotopic (exact) mass is 303 g/mol. The Bertz CT molecular complexity index is 650. The standard InChI is InChI=1S/C16H17NO5/c1-10(16(19)20)17-15(18)14-9-8-13(22-14)11(2)21-12-6-4-3-5-7-12/h3-11H,1-2H3,(H,17,18)(H,19,20). The molecule has 1 amide bonds. The van der Waals surface area contributed by atoms with Gasteiger partial charge in [-0.2, -0.15) is 0 Å². The van der Waals surface area contributed by atoms with Crippen LogP contribution in [0.25, 0.3) is 0 Å². The summed E-state index contributed by atoms with van der Waals surface area (Å²) in [6.45, 7) is 3.18. The molecule has 0 radical (unpaired) electrons. The minimum Gasteiger partial charge on any atom is -0.483 e. The molecule has 2 atom stereocenters. The van der Waals surface area contributed by atoms with Crippen LogP contribution in [0.2, 0.25) is 0 Å². The number of aliphatic carboxylic acids is 1. The Morgan fingerprint density at radius 2 is 1.82 bits per heavy atom. The molecule has 0 saturated carbocycles. The van der Waals surface area contributed by atoms with Gasteiger partial charge in [0.15, 0.2) is 11.9 Å². The van der Waals surface area contributed by atoms with E-state index in [0.717, 1.165) is 0 Å². The number of hydrogen-bond acceptors (Lipinski definition) is 4. The number of carbonyl (C=O) groups is 2. The molecule has 0 bridgehead atoms. The highest BCUT2D eigenvalue weighted by Gasteiger charge is 2.20. The van der Waals surface area contributed by atoms with E-state index in [1.807, 2.05) is 30.3 Å². The number of benzene rings is 1. The molecular weight excluding hydrogens is 286 g/mol. The molecule has 2 aromatic rings. The first kappa shape index (κ1) is 15.6. The zero-order valence-corrected chi connectivity index (χ0v) is 12.3. The predicted molar refractivity (Wildman–Crippen MR) is 78.8 cm³/mol. The second kappa shape index (κ2) is 6.80. The summed E-state index contributed by atoms with van der Waals surface area (Å²) in [5.41, 5.74) is 0. The summed E-state index contributed by atoms with van der Waals surface area (Å²) < 4.78 is 11.1. The van der Waals surface area contributed by atoms with Gasteiger partial charge >= 0.3 is 5.97 Å². The number of carboxylic acid groups (broad SMARTS) is 1. The Balaban J connectivity index is 2.01. The van der Waals surface area contributed by atoms with Gasteiger partial charge in [0.1, 0.15) is 17.6 Å². The number of rotatable bonds is 6.